The molecule has 1 aliphatic rings. The molecule has 1 amide bonds. The number of benzene rings is 1. The molecular weight excluding hydrogens is 519 g/mol. The second kappa shape index (κ2) is 10.5. The Kier molecular flexibility index (Phi) is 6.42. The van der Waals surface area contributed by atoms with Gasteiger partial charge in [-0.1, -0.05) is 31.4 Å². The van der Waals surface area contributed by atoms with Crippen LogP contribution in [0, 0.1) is 11.7 Å². The molecule has 5 heterocycles. The van der Waals surface area contributed by atoms with Gasteiger partial charge >= 0.3 is 0 Å². The maximum Gasteiger partial charge on any atom is 0.224 e. The molecule has 1 aliphatic carbocycles. The Morgan fingerprint density at radius 1 is 1.00 bits per heavy atom. The zero-order chi connectivity index (χ0) is 27.8. The number of rotatable bonds is 6. The molecular formula is C31H27FN8O. The predicted octanol–water partition coefficient (Wildman–Crippen LogP) is 6.67. The van der Waals surface area contributed by atoms with E-state index in [1.807, 2.05) is 24.3 Å². The SMILES string of the molecule is O=C(CC1CCCCC1)Nc1cncc(-c2cc3c(-c4nc5nccc(-c6cccc(F)c6)c5[nH]4)n[nH]c3cn2)c1. The summed E-state index contributed by atoms with van der Waals surface area (Å²) in [5, 5.41) is 11.4. The number of hydrogen-bond acceptors (Lipinski definition) is 6. The lowest BCUT2D eigenvalue weighted by Crippen LogP contribution is -2.18. The highest BCUT2D eigenvalue weighted by molar-refractivity contribution is 5.97. The lowest BCUT2D eigenvalue weighted by molar-refractivity contribution is -0.117. The zero-order valence-electron chi connectivity index (χ0n) is 22.2. The normalized spacial score (nSPS) is 14.1. The van der Waals surface area contributed by atoms with Crippen molar-refractivity contribution in [1.82, 2.24) is 35.1 Å². The molecule has 204 valence electrons. The molecule has 0 radical (unpaired) electrons. The van der Waals surface area contributed by atoms with Gasteiger partial charge in [-0.25, -0.2) is 14.4 Å². The molecule has 0 unspecified atom stereocenters. The molecule has 0 atom stereocenters. The van der Waals surface area contributed by atoms with E-state index in [1.54, 1.807) is 30.9 Å². The zero-order valence-corrected chi connectivity index (χ0v) is 22.2. The lowest BCUT2D eigenvalue weighted by Gasteiger charge is -2.20. The Morgan fingerprint density at radius 2 is 1.90 bits per heavy atom. The van der Waals surface area contributed by atoms with Gasteiger partial charge in [0.1, 0.15) is 11.5 Å². The molecule has 1 aromatic carbocycles. The number of aromatic nitrogens is 7. The van der Waals surface area contributed by atoms with Gasteiger partial charge in [0.2, 0.25) is 5.91 Å². The largest absolute Gasteiger partial charge is 0.335 e. The highest BCUT2D eigenvalue weighted by atomic mass is 19.1. The summed E-state index contributed by atoms with van der Waals surface area (Å²) >= 11 is 0. The molecule has 1 fully saturated rings. The van der Waals surface area contributed by atoms with Gasteiger partial charge in [0.25, 0.3) is 0 Å². The van der Waals surface area contributed by atoms with Crippen molar-refractivity contribution in [1.29, 1.82) is 0 Å². The third kappa shape index (κ3) is 5.04. The third-order valence-electron chi connectivity index (χ3n) is 7.72. The first-order valence-electron chi connectivity index (χ1n) is 13.8. The van der Waals surface area contributed by atoms with Crippen LogP contribution in [0.5, 0.6) is 0 Å². The number of carbonyl (C=O) groups is 1. The van der Waals surface area contributed by atoms with Gasteiger partial charge in [-0.3, -0.25) is 19.9 Å². The van der Waals surface area contributed by atoms with Gasteiger partial charge < -0.3 is 10.3 Å². The number of aromatic amines is 2. The molecule has 6 aromatic rings. The Balaban J connectivity index is 1.19. The Morgan fingerprint density at radius 3 is 2.78 bits per heavy atom. The number of carbonyl (C=O) groups excluding carboxylic acids is 1. The summed E-state index contributed by atoms with van der Waals surface area (Å²) in [6, 6.07) is 12.1. The standard InChI is InChI=1S/C31H27FN8O/c32-21-8-4-7-19(12-21)23-9-10-34-30-28(23)37-31(38-30)29-24-14-25(35-17-26(24)39-40-29)20-13-22(16-33-15-20)36-27(41)11-18-5-2-1-3-6-18/h4,7-10,12-18H,1-3,5-6,11H2,(H,36,41)(H,39,40)(H,34,37,38). The van der Waals surface area contributed by atoms with Crippen LogP contribution in [-0.4, -0.2) is 41.0 Å². The van der Waals surface area contributed by atoms with Gasteiger partial charge in [0.15, 0.2) is 11.5 Å². The quantitative estimate of drug-likeness (QED) is 0.214. The minimum absolute atomic E-state index is 0.0208. The molecule has 0 saturated heterocycles. The lowest BCUT2D eigenvalue weighted by atomic mass is 9.87. The maximum atomic E-state index is 13.9. The van der Waals surface area contributed by atoms with Gasteiger partial charge in [-0.15, -0.1) is 0 Å². The number of halogens is 1. The van der Waals surface area contributed by atoms with Crippen molar-refractivity contribution in [3.8, 4) is 33.9 Å². The van der Waals surface area contributed by atoms with E-state index in [1.165, 1.54) is 31.4 Å². The Bertz CT molecular complexity index is 1890. The van der Waals surface area contributed by atoms with Gasteiger partial charge in [0, 0.05) is 35.3 Å². The summed E-state index contributed by atoms with van der Waals surface area (Å²) in [5.41, 5.74) is 6.18. The number of amides is 1. The summed E-state index contributed by atoms with van der Waals surface area (Å²) in [7, 11) is 0. The highest BCUT2D eigenvalue weighted by Gasteiger charge is 2.19. The molecule has 3 N–H and O–H groups in total. The van der Waals surface area contributed by atoms with Gasteiger partial charge in [-0.2, -0.15) is 5.10 Å². The van der Waals surface area contributed by atoms with E-state index in [9.17, 15) is 9.18 Å². The number of hydrogen-bond donors (Lipinski definition) is 3. The first-order chi connectivity index (χ1) is 20.1. The number of imidazole rings is 1. The van der Waals surface area contributed by atoms with Crippen LogP contribution in [0.4, 0.5) is 10.1 Å². The van der Waals surface area contributed by atoms with Crippen LogP contribution in [0.15, 0.2) is 67.3 Å². The first kappa shape index (κ1) is 25.0. The number of nitrogens with one attached hydrogen (secondary N) is 3. The summed E-state index contributed by atoms with van der Waals surface area (Å²) in [6.07, 6.45) is 13.2. The fourth-order valence-corrected chi connectivity index (χ4v) is 5.69. The molecule has 7 rings (SSSR count). The summed E-state index contributed by atoms with van der Waals surface area (Å²) < 4.78 is 13.9. The fourth-order valence-electron chi connectivity index (χ4n) is 5.69. The molecule has 0 aliphatic heterocycles. The smallest absolute Gasteiger partial charge is 0.224 e. The minimum atomic E-state index is -0.312. The van der Waals surface area contributed by atoms with Gasteiger partial charge in [-0.05, 0) is 54.7 Å². The van der Waals surface area contributed by atoms with Crippen LogP contribution in [0.1, 0.15) is 38.5 Å². The molecule has 10 heteroatoms. The fraction of sp³-hybridized carbons (Fsp3) is 0.226. The number of nitrogens with zero attached hydrogens (tertiary/aromatic N) is 5. The number of fused-ring (bicyclic) bond motifs is 2. The van der Waals surface area contributed by atoms with E-state index >= 15 is 0 Å². The molecule has 0 spiro atoms. The van der Waals surface area contributed by atoms with Crippen LogP contribution < -0.4 is 5.32 Å². The number of H-pyrrole nitrogens is 2. The molecule has 1 saturated carbocycles. The average molecular weight is 547 g/mol. The number of pyridine rings is 3. The van der Waals surface area contributed by atoms with Crippen molar-refractivity contribution in [2.24, 2.45) is 5.92 Å². The predicted molar refractivity (Wildman–Crippen MR) is 155 cm³/mol. The van der Waals surface area contributed by atoms with Crippen molar-refractivity contribution in [3.05, 3.63) is 73.1 Å². The second-order valence-corrected chi connectivity index (χ2v) is 10.6. The molecule has 9 nitrogen and oxygen atoms in total. The van der Waals surface area contributed by atoms with Crippen molar-refractivity contribution in [3.63, 3.8) is 0 Å². The summed E-state index contributed by atoms with van der Waals surface area (Å²) in [5.74, 6) is 0.698. The van der Waals surface area contributed by atoms with E-state index in [4.69, 9.17) is 0 Å². The maximum absolute atomic E-state index is 13.9. The third-order valence-corrected chi connectivity index (χ3v) is 7.72. The highest BCUT2D eigenvalue weighted by Crippen LogP contribution is 2.32. The first-order valence-corrected chi connectivity index (χ1v) is 13.8. The second-order valence-electron chi connectivity index (χ2n) is 10.6. The van der Waals surface area contributed by atoms with Crippen LogP contribution in [-0.2, 0) is 4.79 Å². The van der Waals surface area contributed by atoms with Crippen molar-refractivity contribution < 1.29 is 9.18 Å². The van der Waals surface area contributed by atoms with Gasteiger partial charge in [0.05, 0.1) is 34.8 Å². The number of anilines is 1. The van der Waals surface area contributed by atoms with Crippen LogP contribution in [0.25, 0.3) is 56.0 Å². The summed E-state index contributed by atoms with van der Waals surface area (Å²) in [6.45, 7) is 0. The Labute approximate surface area is 234 Å². The van der Waals surface area contributed by atoms with Crippen molar-refractivity contribution >= 4 is 33.7 Å². The van der Waals surface area contributed by atoms with Crippen molar-refractivity contribution in [2.75, 3.05) is 5.32 Å². The minimum Gasteiger partial charge on any atom is -0.335 e. The van der Waals surface area contributed by atoms with E-state index < -0.39 is 0 Å². The van der Waals surface area contributed by atoms with E-state index in [-0.39, 0.29) is 11.7 Å². The topological polar surface area (TPSA) is 125 Å². The monoisotopic (exact) mass is 546 g/mol. The average Bonchev–Trinajstić information content (AvgIpc) is 3.61. The molecule has 41 heavy (non-hydrogen) atoms. The van der Waals surface area contributed by atoms with Crippen LogP contribution in [0.2, 0.25) is 0 Å². The van der Waals surface area contributed by atoms with Crippen LogP contribution in [0.3, 0.4) is 0 Å². The van der Waals surface area contributed by atoms with E-state index in [0.717, 1.165) is 40.4 Å². The Hall–Kier alpha value is -4.99. The van der Waals surface area contributed by atoms with Crippen LogP contribution >= 0.6 is 0 Å². The van der Waals surface area contributed by atoms with E-state index in [2.05, 4.69) is 40.4 Å². The molecule has 5 aromatic heterocycles. The molecule has 0 bridgehead atoms. The van der Waals surface area contributed by atoms with Crippen molar-refractivity contribution in [2.45, 2.75) is 38.5 Å². The summed E-state index contributed by atoms with van der Waals surface area (Å²) in [4.78, 5) is 34.1. The van der Waals surface area contributed by atoms with E-state index in [0.29, 0.717) is 46.4 Å².